The van der Waals surface area contributed by atoms with Gasteiger partial charge < -0.3 is 9.64 Å². The number of amides is 1. The van der Waals surface area contributed by atoms with Gasteiger partial charge >= 0.3 is 6.09 Å². The van der Waals surface area contributed by atoms with E-state index in [-0.39, 0.29) is 6.09 Å². The third kappa shape index (κ3) is 2.25. The van der Waals surface area contributed by atoms with Crippen molar-refractivity contribution in [3.63, 3.8) is 0 Å². The largest absolute Gasteiger partial charge is 0.453 e. The van der Waals surface area contributed by atoms with Crippen LogP contribution in [0.3, 0.4) is 0 Å². The topological polar surface area (TPSA) is 32.8 Å². The average Bonchev–Trinajstić information content (AvgIpc) is 2.24. The van der Waals surface area contributed by atoms with E-state index in [9.17, 15) is 4.79 Å². The maximum absolute atomic E-state index is 11.3. The summed E-state index contributed by atoms with van der Waals surface area (Å²) in [6, 6.07) is 0.778. The maximum atomic E-state index is 11.3. The molecule has 2 aliphatic rings. The fourth-order valence-corrected chi connectivity index (χ4v) is 2.56. The SMILES string of the molecule is COC(=O)N1CCN(C2CC(C)C2)CC1. The number of methoxy groups -OCH3 is 1. The third-order valence-corrected chi connectivity index (χ3v) is 3.61. The highest BCUT2D eigenvalue weighted by molar-refractivity contribution is 5.67. The smallest absolute Gasteiger partial charge is 0.409 e. The first kappa shape index (κ1) is 10.7. The van der Waals surface area contributed by atoms with Gasteiger partial charge in [-0.15, -0.1) is 0 Å². The molecule has 1 aliphatic heterocycles. The normalized spacial score (nSPS) is 32.3. The van der Waals surface area contributed by atoms with Gasteiger partial charge in [0.1, 0.15) is 0 Å². The summed E-state index contributed by atoms with van der Waals surface area (Å²) in [5, 5.41) is 0. The fraction of sp³-hybridized carbons (Fsp3) is 0.909. The van der Waals surface area contributed by atoms with Crippen LogP contribution in [0.15, 0.2) is 0 Å². The second kappa shape index (κ2) is 4.39. The Kier molecular flexibility index (Phi) is 3.14. The van der Waals surface area contributed by atoms with Gasteiger partial charge in [0.05, 0.1) is 7.11 Å². The minimum absolute atomic E-state index is 0.184. The molecule has 1 saturated heterocycles. The van der Waals surface area contributed by atoms with E-state index < -0.39 is 0 Å². The van der Waals surface area contributed by atoms with Gasteiger partial charge in [-0.1, -0.05) is 6.92 Å². The van der Waals surface area contributed by atoms with Crippen LogP contribution in [0.2, 0.25) is 0 Å². The number of hydrogen-bond donors (Lipinski definition) is 0. The highest BCUT2D eigenvalue weighted by Gasteiger charge is 2.33. The van der Waals surface area contributed by atoms with Crippen molar-refractivity contribution in [2.75, 3.05) is 33.3 Å². The fourth-order valence-electron chi connectivity index (χ4n) is 2.56. The second-order valence-electron chi connectivity index (χ2n) is 4.72. The monoisotopic (exact) mass is 212 g/mol. The first-order valence-electron chi connectivity index (χ1n) is 5.77. The van der Waals surface area contributed by atoms with Crippen molar-refractivity contribution in [3.8, 4) is 0 Å². The molecule has 2 fully saturated rings. The predicted octanol–water partition coefficient (Wildman–Crippen LogP) is 1.17. The third-order valence-electron chi connectivity index (χ3n) is 3.61. The molecule has 86 valence electrons. The number of piperazine rings is 1. The zero-order chi connectivity index (χ0) is 10.8. The van der Waals surface area contributed by atoms with Gasteiger partial charge in [-0.3, -0.25) is 4.90 Å². The summed E-state index contributed by atoms with van der Waals surface area (Å²) in [6.45, 7) is 5.95. The van der Waals surface area contributed by atoms with E-state index >= 15 is 0 Å². The molecule has 0 N–H and O–H groups in total. The number of carbonyl (C=O) groups is 1. The number of hydrogen-bond acceptors (Lipinski definition) is 3. The molecule has 1 saturated carbocycles. The Balaban J connectivity index is 1.75. The minimum Gasteiger partial charge on any atom is -0.453 e. The van der Waals surface area contributed by atoms with Crippen LogP contribution in [0, 0.1) is 5.92 Å². The summed E-state index contributed by atoms with van der Waals surface area (Å²) in [5.74, 6) is 0.897. The summed E-state index contributed by atoms with van der Waals surface area (Å²) in [7, 11) is 1.45. The van der Waals surface area contributed by atoms with Crippen molar-refractivity contribution in [2.45, 2.75) is 25.8 Å². The molecule has 4 nitrogen and oxygen atoms in total. The number of carbonyl (C=O) groups excluding carboxylic acids is 1. The van der Waals surface area contributed by atoms with Crippen molar-refractivity contribution in [1.29, 1.82) is 0 Å². The molecule has 0 bridgehead atoms. The highest BCUT2D eigenvalue weighted by atomic mass is 16.5. The van der Waals surface area contributed by atoms with Crippen LogP contribution in [-0.2, 0) is 4.74 Å². The Labute approximate surface area is 91.2 Å². The van der Waals surface area contributed by atoms with Crippen molar-refractivity contribution < 1.29 is 9.53 Å². The number of nitrogens with zero attached hydrogens (tertiary/aromatic N) is 2. The maximum Gasteiger partial charge on any atom is 0.409 e. The van der Waals surface area contributed by atoms with Gasteiger partial charge in [-0.25, -0.2) is 4.79 Å². The molecule has 0 radical (unpaired) electrons. The molecule has 0 spiro atoms. The summed E-state index contributed by atoms with van der Waals surface area (Å²) >= 11 is 0. The Bertz CT molecular complexity index is 231. The van der Waals surface area contributed by atoms with Gasteiger partial charge in [-0.05, 0) is 18.8 Å². The van der Waals surface area contributed by atoms with Crippen LogP contribution in [0.25, 0.3) is 0 Å². The van der Waals surface area contributed by atoms with E-state index in [1.165, 1.54) is 20.0 Å². The van der Waals surface area contributed by atoms with E-state index in [0.29, 0.717) is 0 Å². The minimum atomic E-state index is -0.184. The van der Waals surface area contributed by atoms with Crippen molar-refractivity contribution >= 4 is 6.09 Å². The molecule has 0 aromatic heterocycles. The van der Waals surface area contributed by atoms with Gasteiger partial charge in [0, 0.05) is 32.2 Å². The summed E-state index contributed by atoms with van der Waals surface area (Å²) in [5.41, 5.74) is 0. The first-order chi connectivity index (χ1) is 7.20. The Hall–Kier alpha value is -0.770. The van der Waals surface area contributed by atoms with Crippen molar-refractivity contribution in [2.24, 2.45) is 5.92 Å². The van der Waals surface area contributed by atoms with E-state index in [0.717, 1.165) is 38.1 Å². The van der Waals surface area contributed by atoms with Gasteiger partial charge in [0.25, 0.3) is 0 Å². The van der Waals surface area contributed by atoms with Crippen molar-refractivity contribution in [3.05, 3.63) is 0 Å². The Morgan fingerprint density at radius 3 is 2.27 bits per heavy atom. The van der Waals surface area contributed by atoms with Crippen molar-refractivity contribution in [1.82, 2.24) is 9.80 Å². The van der Waals surface area contributed by atoms with E-state index in [1.807, 2.05) is 0 Å². The van der Waals surface area contributed by atoms with E-state index in [1.54, 1.807) is 4.90 Å². The van der Waals surface area contributed by atoms with Gasteiger partial charge in [0.15, 0.2) is 0 Å². The number of rotatable bonds is 1. The van der Waals surface area contributed by atoms with Crippen LogP contribution in [-0.4, -0.2) is 55.2 Å². The molecule has 0 unspecified atom stereocenters. The summed E-state index contributed by atoms with van der Waals surface area (Å²) in [4.78, 5) is 15.6. The molecule has 1 amide bonds. The molecule has 1 heterocycles. The molecule has 4 heteroatoms. The van der Waals surface area contributed by atoms with Crippen LogP contribution in [0.1, 0.15) is 19.8 Å². The Morgan fingerprint density at radius 1 is 1.20 bits per heavy atom. The van der Waals surface area contributed by atoms with Gasteiger partial charge in [-0.2, -0.15) is 0 Å². The second-order valence-corrected chi connectivity index (χ2v) is 4.72. The van der Waals surface area contributed by atoms with E-state index in [2.05, 4.69) is 11.8 Å². The molecule has 15 heavy (non-hydrogen) atoms. The molecule has 1 aliphatic carbocycles. The standard InChI is InChI=1S/C11H20N2O2/c1-9-7-10(8-9)12-3-5-13(6-4-12)11(14)15-2/h9-10H,3-8H2,1-2H3. The van der Waals surface area contributed by atoms with Crippen LogP contribution in [0.5, 0.6) is 0 Å². The molecule has 0 aromatic carbocycles. The molecular weight excluding hydrogens is 192 g/mol. The zero-order valence-electron chi connectivity index (χ0n) is 9.61. The molecule has 0 atom stereocenters. The molecular formula is C11H20N2O2. The van der Waals surface area contributed by atoms with Crippen LogP contribution < -0.4 is 0 Å². The summed E-state index contributed by atoms with van der Waals surface area (Å²) in [6.07, 6.45) is 2.48. The quantitative estimate of drug-likeness (QED) is 0.654. The lowest BCUT2D eigenvalue weighted by molar-refractivity contribution is 0.0351. The average molecular weight is 212 g/mol. The molecule has 0 aromatic rings. The van der Waals surface area contributed by atoms with Crippen LogP contribution >= 0.6 is 0 Å². The Morgan fingerprint density at radius 2 is 1.80 bits per heavy atom. The number of ether oxygens (including phenoxy) is 1. The lowest BCUT2D eigenvalue weighted by atomic mass is 9.80. The highest BCUT2D eigenvalue weighted by Crippen LogP contribution is 2.31. The molecule has 2 rings (SSSR count). The predicted molar refractivity (Wildman–Crippen MR) is 57.7 cm³/mol. The van der Waals surface area contributed by atoms with Crippen LogP contribution in [0.4, 0.5) is 4.79 Å². The first-order valence-corrected chi connectivity index (χ1v) is 5.77. The lowest BCUT2D eigenvalue weighted by Crippen LogP contribution is -2.54. The zero-order valence-corrected chi connectivity index (χ0v) is 9.61. The lowest BCUT2D eigenvalue weighted by Gasteiger charge is -2.45. The van der Waals surface area contributed by atoms with E-state index in [4.69, 9.17) is 4.74 Å². The summed E-state index contributed by atoms with van der Waals surface area (Å²) < 4.78 is 4.71. The van der Waals surface area contributed by atoms with Gasteiger partial charge in [0.2, 0.25) is 0 Å².